The summed E-state index contributed by atoms with van der Waals surface area (Å²) in [5.74, 6) is -1.50. The summed E-state index contributed by atoms with van der Waals surface area (Å²) in [5.41, 5.74) is -0.876. The van der Waals surface area contributed by atoms with E-state index in [2.05, 4.69) is 5.32 Å². The van der Waals surface area contributed by atoms with Gasteiger partial charge in [0.25, 0.3) is 5.91 Å². The second-order valence-electron chi connectivity index (χ2n) is 5.24. The minimum atomic E-state index is -1.17. The normalized spacial score (nSPS) is 33.7. The monoisotopic (exact) mass is 254 g/mol. The van der Waals surface area contributed by atoms with Crippen molar-refractivity contribution in [1.82, 2.24) is 10.2 Å². The fraction of sp³-hybridized carbons (Fsp3) is 0.750. The smallest absolute Gasteiger partial charge is 0.326 e. The van der Waals surface area contributed by atoms with Crippen LogP contribution in [0.2, 0.25) is 0 Å². The van der Waals surface area contributed by atoms with Gasteiger partial charge in [0.05, 0.1) is 0 Å². The summed E-state index contributed by atoms with van der Waals surface area (Å²) in [6.45, 7) is 3.29. The number of carbonyl (C=O) groups is 3. The van der Waals surface area contributed by atoms with Crippen molar-refractivity contribution in [3.8, 4) is 0 Å². The molecule has 0 bridgehead atoms. The first-order chi connectivity index (χ1) is 8.40. The Kier molecular flexibility index (Phi) is 3.04. The predicted molar refractivity (Wildman–Crippen MR) is 62.8 cm³/mol. The standard InChI is InChI=1S/C12H18N2O4/c1-7-5-3-4-6-12(7)10(17)14(11(18)13-12)8(2)9(15)16/h7-8H,3-6H2,1-2H3,(H,13,18)(H,15,16). The van der Waals surface area contributed by atoms with Crippen molar-refractivity contribution in [3.63, 3.8) is 0 Å². The molecule has 3 amide bonds. The Morgan fingerprint density at radius 1 is 1.50 bits per heavy atom. The van der Waals surface area contributed by atoms with Crippen molar-refractivity contribution in [2.24, 2.45) is 5.92 Å². The van der Waals surface area contributed by atoms with Gasteiger partial charge in [0.2, 0.25) is 0 Å². The number of carbonyl (C=O) groups excluding carboxylic acids is 2. The zero-order chi connectivity index (χ0) is 13.5. The Morgan fingerprint density at radius 3 is 2.72 bits per heavy atom. The van der Waals surface area contributed by atoms with Gasteiger partial charge < -0.3 is 10.4 Å². The van der Waals surface area contributed by atoms with Gasteiger partial charge in [0.15, 0.2) is 0 Å². The van der Waals surface area contributed by atoms with Crippen LogP contribution < -0.4 is 5.32 Å². The van der Waals surface area contributed by atoms with Crippen LogP contribution in [0, 0.1) is 5.92 Å². The van der Waals surface area contributed by atoms with Gasteiger partial charge in [-0.1, -0.05) is 19.8 Å². The quantitative estimate of drug-likeness (QED) is 0.718. The van der Waals surface area contributed by atoms with E-state index in [1.54, 1.807) is 0 Å². The Labute approximate surface area is 105 Å². The van der Waals surface area contributed by atoms with Crippen molar-refractivity contribution >= 4 is 17.9 Å². The number of urea groups is 1. The Hall–Kier alpha value is -1.59. The molecule has 6 heteroatoms. The highest BCUT2D eigenvalue weighted by Crippen LogP contribution is 2.38. The largest absolute Gasteiger partial charge is 0.480 e. The fourth-order valence-corrected chi connectivity index (χ4v) is 2.92. The second-order valence-corrected chi connectivity index (χ2v) is 5.24. The molecule has 1 spiro atoms. The minimum Gasteiger partial charge on any atom is -0.480 e. The molecule has 1 aliphatic carbocycles. The predicted octanol–water partition coefficient (Wildman–Crippen LogP) is 0.960. The number of amides is 3. The first-order valence-electron chi connectivity index (χ1n) is 6.29. The molecule has 100 valence electrons. The second kappa shape index (κ2) is 4.26. The molecule has 3 atom stereocenters. The lowest BCUT2D eigenvalue weighted by atomic mass is 9.73. The Bertz CT molecular complexity index is 409. The first-order valence-corrected chi connectivity index (χ1v) is 6.29. The van der Waals surface area contributed by atoms with Crippen LogP contribution in [-0.4, -0.2) is 39.5 Å². The number of nitrogens with one attached hydrogen (secondary N) is 1. The molecule has 1 saturated heterocycles. The van der Waals surface area contributed by atoms with Gasteiger partial charge in [-0.05, 0) is 25.7 Å². The third-order valence-electron chi connectivity index (χ3n) is 4.19. The number of carboxylic acids is 1. The third-order valence-corrected chi connectivity index (χ3v) is 4.19. The average Bonchev–Trinajstić information content (AvgIpc) is 2.55. The van der Waals surface area contributed by atoms with E-state index in [-0.39, 0.29) is 11.8 Å². The van der Waals surface area contributed by atoms with Crippen LogP contribution in [-0.2, 0) is 9.59 Å². The molecular formula is C12H18N2O4. The number of hydrogen-bond acceptors (Lipinski definition) is 3. The van der Waals surface area contributed by atoms with E-state index in [9.17, 15) is 14.4 Å². The lowest BCUT2D eigenvalue weighted by Crippen LogP contribution is -2.54. The van der Waals surface area contributed by atoms with Crippen LogP contribution in [0.1, 0.15) is 39.5 Å². The van der Waals surface area contributed by atoms with Crippen molar-refractivity contribution < 1.29 is 19.5 Å². The van der Waals surface area contributed by atoms with Crippen LogP contribution >= 0.6 is 0 Å². The summed E-state index contributed by atoms with van der Waals surface area (Å²) >= 11 is 0. The van der Waals surface area contributed by atoms with Gasteiger partial charge in [0.1, 0.15) is 11.6 Å². The number of aliphatic carboxylic acids is 1. The van der Waals surface area contributed by atoms with Crippen molar-refractivity contribution in [2.75, 3.05) is 0 Å². The summed E-state index contributed by atoms with van der Waals surface area (Å²) < 4.78 is 0. The molecule has 1 heterocycles. The van der Waals surface area contributed by atoms with E-state index in [1.165, 1.54) is 6.92 Å². The zero-order valence-corrected chi connectivity index (χ0v) is 10.6. The lowest BCUT2D eigenvalue weighted by Gasteiger charge is -2.37. The molecule has 0 radical (unpaired) electrons. The fourth-order valence-electron chi connectivity index (χ4n) is 2.92. The molecule has 18 heavy (non-hydrogen) atoms. The van der Waals surface area contributed by atoms with Crippen LogP contribution in [0.3, 0.4) is 0 Å². The summed E-state index contributed by atoms with van der Waals surface area (Å²) in [7, 11) is 0. The Morgan fingerprint density at radius 2 is 2.17 bits per heavy atom. The lowest BCUT2D eigenvalue weighted by molar-refractivity contribution is -0.148. The Balaban J connectivity index is 2.31. The summed E-state index contributed by atoms with van der Waals surface area (Å²) in [6.07, 6.45) is 3.40. The molecule has 2 fully saturated rings. The maximum Gasteiger partial charge on any atom is 0.326 e. The SMILES string of the molecule is CC(C(=O)O)N1C(=O)NC2(CCCCC2C)C1=O. The van der Waals surface area contributed by atoms with Gasteiger partial charge in [-0.2, -0.15) is 0 Å². The minimum absolute atomic E-state index is 0.0497. The van der Waals surface area contributed by atoms with E-state index >= 15 is 0 Å². The molecule has 2 aliphatic rings. The molecule has 3 unspecified atom stereocenters. The number of imide groups is 1. The third kappa shape index (κ3) is 1.67. The maximum atomic E-state index is 12.4. The number of carboxylic acid groups (broad SMARTS) is 1. The molecule has 1 saturated carbocycles. The average molecular weight is 254 g/mol. The highest BCUT2D eigenvalue weighted by Gasteiger charge is 2.56. The summed E-state index contributed by atoms with van der Waals surface area (Å²) in [4.78, 5) is 36.1. The van der Waals surface area contributed by atoms with E-state index in [0.717, 1.165) is 24.2 Å². The van der Waals surface area contributed by atoms with E-state index < -0.39 is 23.6 Å². The van der Waals surface area contributed by atoms with E-state index in [0.29, 0.717) is 6.42 Å². The van der Waals surface area contributed by atoms with Crippen LogP contribution in [0.25, 0.3) is 0 Å². The highest BCUT2D eigenvalue weighted by atomic mass is 16.4. The molecule has 0 aromatic carbocycles. The first kappa shape index (κ1) is 12.9. The topological polar surface area (TPSA) is 86.7 Å². The summed E-state index contributed by atoms with van der Waals surface area (Å²) in [6, 6.07) is -1.70. The molecule has 1 aliphatic heterocycles. The number of hydrogen-bond donors (Lipinski definition) is 2. The van der Waals surface area contributed by atoms with Crippen LogP contribution in [0.15, 0.2) is 0 Å². The van der Waals surface area contributed by atoms with Crippen LogP contribution in [0.4, 0.5) is 4.79 Å². The molecule has 0 aromatic rings. The van der Waals surface area contributed by atoms with Crippen LogP contribution in [0.5, 0.6) is 0 Å². The van der Waals surface area contributed by atoms with Gasteiger partial charge in [0, 0.05) is 0 Å². The van der Waals surface area contributed by atoms with Gasteiger partial charge in [-0.3, -0.25) is 4.79 Å². The molecule has 6 nitrogen and oxygen atoms in total. The zero-order valence-electron chi connectivity index (χ0n) is 10.6. The van der Waals surface area contributed by atoms with Crippen molar-refractivity contribution in [3.05, 3.63) is 0 Å². The summed E-state index contributed by atoms with van der Waals surface area (Å²) in [5, 5.41) is 11.7. The molecular weight excluding hydrogens is 236 g/mol. The maximum absolute atomic E-state index is 12.4. The molecule has 2 rings (SSSR count). The van der Waals surface area contributed by atoms with Crippen molar-refractivity contribution in [2.45, 2.75) is 51.1 Å². The van der Waals surface area contributed by atoms with Gasteiger partial charge in [-0.15, -0.1) is 0 Å². The van der Waals surface area contributed by atoms with E-state index in [4.69, 9.17) is 5.11 Å². The van der Waals surface area contributed by atoms with Gasteiger partial charge >= 0.3 is 12.0 Å². The van der Waals surface area contributed by atoms with Gasteiger partial charge in [-0.25, -0.2) is 14.5 Å². The number of rotatable bonds is 2. The highest BCUT2D eigenvalue weighted by molar-refractivity contribution is 6.09. The molecule has 2 N–H and O–H groups in total. The molecule has 0 aromatic heterocycles. The van der Waals surface area contributed by atoms with E-state index in [1.807, 2.05) is 6.92 Å². The van der Waals surface area contributed by atoms with Crippen molar-refractivity contribution in [1.29, 1.82) is 0 Å². The number of nitrogens with zero attached hydrogens (tertiary/aromatic N) is 1.